The van der Waals surface area contributed by atoms with E-state index in [4.69, 9.17) is 10.5 Å². The van der Waals surface area contributed by atoms with Gasteiger partial charge in [0.2, 0.25) is 5.95 Å². The maximum absolute atomic E-state index is 12.4. The topological polar surface area (TPSA) is 116 Å². The van der Waals surface area contributed by atoms with Crippen molar-refractivity contribution in [3.05, 3.63) is 48.5 Å². The summed E-state index contributed by atoms with van der Waals surface area (Å²) >= 11 is 0. The first-order valence-electron chi connectivity index (χ1n) is 9.57. The number of halogens is 3. The van der Waals surface area contributed by atoms with Crippen molar-refractivity contribution in [2.24, 2.45) is 5.73 Å². The number of carbonyl (C=O) groups excluding carboxylic acids is 1. The fourth-order valence-corrected chi connectivity index (χ4v) is 2.74. The number of rotatable bonds is 9. The summed E-state index contributed by atoms with van der Waals surface area (Å²) in [6, 6.07) is 11.3. The van der Waals surface area contributed by atoms with Gasteiger partial charge in [0, 0.05) is 24.4 Å². The molecule has 9 nitrogen and oxygen atoms in total. The van der Waals surface area contributed by atoms with Crippen LogP contribution >= 0.6 is 0 Å². The molecule has 0 atom stereocenters. The minimum absolute atomic E-state index is 0.343. The Morgan fingerprint density at radius 2 is 1.81 bits per heavy atom. The first-order valence-corrected chi connectivity index (χ1v) is 9.57. The fourth-order valence-electron chi connectivity index (χ4n) is 2.74. The molecule has 2 aromatic carbocycles. The standard InChI is InChI=1S/C20H21F3N6O3/c1-2-31-12-11-25-19-27-17(13-3-5-14(6-4-13)26-18(24)30)28-29(19)15-7-9-16(10-8-15)32-20(21,22)23/h3-10H,2,11-12H2,1H3,(H3,24,26,30)(H,25,27,28). The highest BCUT2D eigenvalue weighted by molar-refractivity contribution is 5.88. The lowest BCUT2D eigenvalue weighted by Crippen LogP contribution is -2.19. The highest BCUT2D eigenvalue weighted by Crippen LogP contribution is 2.26. The second-order valence-electron chi connectivity index (χ2n) is 6.40. The Labute approximate surface area is 181 Å². The van der Waals surface area contributed by atoms with Crippen molar-refractivity contribution >= 4 is 17.7 Å². The van der Waals surface area contributed by atoms with Gasteiger partial charge in [-0.1, -0.05) is 0 Å². The molecule has 0 fully saturated rings. The van der Waals surface area contributed by atoms with Crippen molar-refractivity contribution in [1.29, 1.82) is 0 Å². The normalized spacial score (nSPS) is 11.2. The van der Waals surface area contributed by atoms with Gasteiger partial charge in [-0.25, -0.2) is 4.79 Å². The van der Waals surface area contributed by atoms with E-state index in [9.17, 15) is 18.0 Å². The number of nitrogens with zero attached hydrogens (tertiary/aromatic N) is 3. The number of carbonyl (C=O) groups is 1. The van der Waals surface area contributed by atoms with Crippen LogP contribution in [0.25, 0.3) is 17.1 Å². The molecule has 32 heavy (non-hydrogen) atoms. The van der Waals surface area contributed by atoms with Gasteiger partial charge in [0.1, 0.15) is 5.75 Å². The lowest BCUT2D eigenvalue weighted by molar-refractivity contribution is -0.274. The van der Waals surface area contributed by atoms with Gasteiger partial charge < -0.3 is 25.8 Å². The third-order valence-corrected chi connectivity index (χ3v) is 4.07. The highest BCUT2D eigenvalue weighted by atomic mass is 19.4. The smallest absolute Gasteiger partial charge is 0.406 e. The zero-order valence-electron chi connectivity index (χ0n) is 17.0. The number of aromatic nitrogens is 3. The van der Waals surface area contributed by atoms with Gasteiger partial charge >= 0.3 is 12.4 Å². The Kier molecular flexibility index (Phi) is 7.15. The predicted octanol–water partition coefficient (Wildman–Crippen LogP) is 3.77. The number of alkyl halides is 3. The van der Waals surface area contributed by atoms with Crippen molar-refractivity contribution in [1.82, 2.24) is 14.8 Å². The number of hydrogen-bond donors (Lipinski definition) is 3. The maximum Gasteiger partial charge on any atom is 0.573 e. The van der Waals surface area contributed by atoms with Gasteiger partial charge in [-0.15, -0.1) is 18.3 Å². The molecular formula is C20H21F3N6O3. The summed E-state index contributed by atoms with van der Waals surface area (Å²) in [6.45, 7) is 3.32. The van der Waals surface area contributed by atoms with Crippen LogP contribution in [-0.2, 0) is 4.74 Å². The Hall–Kier alpha value is -3.80. The molecule has 3 rings (SSSR count). The molecule has 1 heterocycles. The zero-order chi connectivity index (χ0) is 23.1. The highest BCUT2D eigenvalue weighted by Gasteiger charge is 2.31. The van der Waals surface area contributed by atoms with Crippen molar-refractivity contribution < 1.29 is 27.4 Å². The number of urea groups is 1. The molecule has 170 valence electrons. The lowest BCUT2D eigenvalue weighted by Gasteiger charge is -2.11. The summed E-state index contributed by atoms with van der Waals surface area (Å²) in [7, 11) is 0. The molecule has 0 aliphatic rings. The minimum atomic E-state index is -4.77. The maximum atomic E-state index is 12.4. The molecule has 0 unspecified atom stereocenters. The molecule has 0 aliphatic carbocycles. The Balaban J connectivity index is 1.88. The predicted molar refractivity (Wildman–Crippen MR) is 112 cm³/mol. The van der Waals surface area contributed by atoms with Gasteiger partial charge in [0.25, 0.3) is 0 Å². The number of nitrogens with one attached hydrogen (secondary N) is 2. The summed E-state index contributed by atoms with van der Waals surface area (Å²) in [5, 5.41) is 10.0. The molecule has 1 aromatic heterocycles. The van der Waals surface area contributed by atoms with Gasteiger partial charge in [0.05, 0.1) is 12.3 Å². The molecular weight excluding hydrogens is 429 g/mol. The Morgan fingerprint density at radius 1 is 1.12 bits per heavy atom. The summed E-state index contributed by atoms with van der Waals surface area (Å²) in [5.74, 6) is 0.402. The number of ether oxygens (including phenoxy) is 2. The summed E-state index contributed by atoms with van der Waals surface area (Å²) in [4.78, 5) is 15.5. The monoisotopic (exact) mass is 450 g/mol. The van der Waals surface area contributed by atoms with E-state index in [0.29, 0.717) is 48.5 Å². The van der Waals surface area contributed by atoms with Crippen LogP contribution in [0, 0.1) is 0 Å². The Morgan fingerprint density at radius 3 is 2.41 bits per heavy atom. The molecule has 0 bridgehead atoms. The van der Waals surface area contributed by atoms with E-state index in [2.05, 4.69) is 25.5 Å². The number of anilines is 2. The molecule has 0 aliphatic heterocycles. The molecule has 12 heteroatoms. The van der Waals surface area contributed by atoms with Crippen molar-refractivity contribution in [2.75, 3.05) is 30.4 Å². The lowest BCUT2D eigenvalue weighted by atomic mass is 10.2. The molecule has 3 aromatic rings. The SMILES string of the molecule is CCOCCNc1nc(-c2ccc(NC(N)=O)cc2)nn1-c1ccc(OC(F)(F)F)cc1. The van der Waals surface area contributed by atoms with Gasteiger partial charge in [-0.05, 0) is 55.5 Å². The average molecular weight is 450 g/mol. The van der Waals surface area contributed by atoms with E-state index in [1.807, 2.05) is 6.92 Å². The van der Waals surface area contributed by atoms with Crippen LogP contribution in [0.1, 0.15) is 6.92 Å². The fraction of sp³-hybridized carbons (Fsp3) is 0.250. The second-order valence-corrected chi connectivity index (χ2v) is 6.40. The first-order chi connectivity index (χ1) is 15.2. The van der Waals surface area contributed by atoms with E-state index >= 15 is 0 Å². The number of benzene rings is 2. The molecule has 2 amide bonds. The number of nitrogens with two attached hydrogens (primary N) is 1. The summed E-state index contributed by atoms with van der Waals surface area (Å²) < 4.78 is 47.9. The quantitative estimate of drug-likeness (QED) is 0.428. The van der Waals surface area contributed by atoms with Crippen LogP contribution in [0.2, 0.25) is 0 Å². The third-order valence-electron chi connectivity index (χ3n) is 4.07. The van der Waals surface area contributed by atoms with Crippen LogP contribution in [0.3, 0.4) is 0 Å². The zero-order valence-corrected chi connectivity index (χ0v) is 17.0. The van der Waals surface area contributed by atoms with E-state index in [1.165, 1.54) is 28.9 Å². The van der Waals surface area contributed by atoms with Crippen LogP contribution in [0.5, 0.6) is 5.75 Å². The number of primary amides is 1. The number of amides is 2. The second kappa shape index (κ2) is 10.0. The summed E-state index contributed by atoms with van der Waals surface area (Å²) in [6.07, 6.45) is -4.77. The van der Waals surface area contributed by atoms with Crippen molar-refractivity contribution in [2.45, 2.75) is 13.3 Å². The van der Waals surface area contributed by atoms with E-state index in [0.717, 1.165) is 0 Å². The Bertz CT molecular complexity index is 1040. The van der Waals surface area contributed by atoms with Crippen molar-refractivity contribution in [3.8, 4) is 22.8 Å². The average Bonchev–Trinajstić information content (AvgIpc) is 3.15. The summed E-state index contributed by atoms with van der Waals surface area (Å²) in [5.41, 5.74) is 6.75. The third kappa shape index (κ3) is 6.35. The van der Waals surface area contributed by atoms with E-state index < -0.39 is 12.4 Å². The van der Waals surface area contributed by atoms with Crippen LogP contribution in [-0.4, -0.2) is 46.9 Å². The molecule has 0 saturated heterocycles. The van der Waals surface area contributed by atoms with Gasteiger partial charge in [0.15, 0.2) is 5.82 Å². The van der Waals surface area contributed by atoms with Crippen molar-refractivity contribution in [3.63, 3.8) is 0 Å². The van der Waals surface area contributed by atoms with E-state index in [-0.39, 0.29) is 5.75 Å². The van der Waals surface area contributed by atoms with Crippen LogP contribution in [0.4, 0.5) is 29.6 Å². The molecule has 0 spiro atoms. The molecule has 0 radical (unpaired) electrons. The largest absolute Gasteiger partial charge is 0.573 e. The van der Waals surface area contributed by atoms with Gasteiger partial charge in [-0.3, -0.25) is 0 Å². The number of hydrogen-bond acceptors (Lipinski definition) is 6. The minimum Gasteiger partial charge on any atom is -0.406 e. The molecule has 4 N–H and O–H groups in total. The van der Waals surface area contributed by atoms with Gasteiger partial charge in [-0.2, -0.15) is 9.67 Å². The van der Waals surface area contributed by atoms with Crippen LogP contribution < -0.4 is 21.1 Å². The first kappa shape index (κ1) is 22.9. The molecule has 0 saturated carbocycles. The van der Waals surface area contributed by atoms with E-state index in [1.54, 1.807) is 24.3 Å². The van der Waals surface area contributed by atoms with Crippen LogP contribution in [0.15, 0.2) is 48.5 Å².